The maximum atomic E-state index is 12.4. The van der Waals surface area contributed by atoms with Gasteiger partial charge in [0.15, 0.2) is 0 Å². The van der Waals surface area contributed by atoms with Crippen LogP contribution in [0.15, 0.2) is 59.4 Å². The number of carbonyl (C=O) groups excluding carboxylic acids is 1. The van der Waals surface area contributed by atoms with Gasteiger partial charge in [0.2, 0.25) is 11.7 Å². The SMILES string of the molecule is CC(C)C(NC(=O)c1cccnc1)c1nc(-c2ccccc2)no1. The molecule has 2 heterocycles. The van der Waals surface area contributed by atoms with Crippen LogP contribution in [0.2, 0.25) is 0 Å². The van der Waals surface area contributed by atoms with Gasteiger partial charge in [-0.1, -0.05) is 49.3 Å². The Morgan fingerprint density at radius 2 is 1.92 bits per heavy atom. The minimum Gasteiger partial charge on any atom is -0.340 e. The molecular formula is C18H18N4O2. The number of carbonyl (C=O) groups is 1. The highest BCUT2D eigenvalue weighted by atomic mass is 16.5. The first-order valence-electron chi connectivity index (χ1n) is 7.75. The number of pyridine rings is 1. The van der Waals surface area contributed by atoms with E-state index in [-0.39, 0.29) is 17.9 Å². The van der Waals surface area contributed by atoms with Gasteiger partial charge in [0.25, 0.3) is 5.91 Å². The molecule has 3 rings (SSSR count). The first-order chi connectivity index (χ1) is 11.6. The monoisotopic (exact) mass is 322 g/mol. The number of nitrogens with zero attached hydrogens (tertiary/aromatic N) is 3. The molecule has 0 aliphatic rings. The minimum absolute atomic E-state index is 0.0923. The predicted octanol–water partition coefficient (Wildman–Crippen LogP) is 3.26. The quantitative estimate of drug-likeness (QED) is 0.780. The molecule has 6 heteroatoms. The van der Waals surface area contributed by atoms with E-state index in [1.165, 1.54) is 6.20 Å². The van der Waals surface area contributed by atoms with Crippen molar-refractivity contribution < 1.29 is 9.32 Å². The second kappa shape index (κ2) is 7.04. The van der Waals surface area contributed by atoms with Crippen molar-refractivity contribution in [2.75, 3.05) is 0 Å². The predicted molar refractivity (Wildman–Crippen MR) is 89.0 cm³/mol. The Morgan fingerprint density at radius 3 is 2.58 bits per heavy atom. The first kappa shape index (κ1) is 15.9. The average Bonchev–Trinajstić information content (AvgIpc) is 3.10. The molecule has 0 saturated carbocycles. The van der Waals surface area contributed by atoms with E-state index >= 15 is 0 Å². The number of hydrogen-bond acceptors (Lipinski definition) is 5. The fourth-order valence-electron chi connectivity index (χ4n) is 2.30. The Labute approximate surface area is 139 Å². The Bertz CT molecular complexity index is 800. The molecular weight excluding hydrogens is 304 g/mol. The summed E-state index contributed by atoms with van der Waals surface area (Å²) < 4.78 is 5.39. The van der Waals surface area contributed by atoms with Crippen molar-refractivity contribution in [3.63, 3.8) is 0 Å². The van der Waals surface area contributed by atoms with E-state index in [4.69, 9.17) is 4.52 Å². The molecule has 0 radical (unpaired) electrons. The van der Waals surface area contributed by atoms with Gasteiger partial charge in [0.05, 0.1) is 5.56 Å². The molecule has 1 unspecified atom stereocenters. The lowest BCUT2D eigenvalue weighted by Crippen LogP contribution is -2.32. The minimum atomic E-state index is -0.373. The lowest BCUT2D eigenvalue weighted by molar-refractivity contribution is 0.0913. The largest absolute Gasteiger partial charge is 0.340 e. The number of nitrogens with one attached hydrogen (secondary N) is 1. The van der Waals surface area contributed by atoms with Crippen LogP contribution in [0.25, 0.3) is 11.4 Å². The number of aromatic nitrogens is 3. The zero-order chi connectivity index (χ0) is 16.9. The van der Waals surface area contributed by atoms with E-state index in [2.05, 4.69) is 20.4 Å². The number of rotatable bonds is 5. The van der Waals surface area contributed by atoms with Crippen LogP contribution in [0, 0.1) is 5.92 Å². The van der Waals surface area contributed by atoms with Crippen molar-refractivity contribution in [2.45, 2.75) is 19.9 Å². The van der Waals surface area contributed by atoms with Gasteiger partial charge < -0.3 is 9.84 Å². The van der Waals surface area contributed by atoms with E-state index in [1.807, 2.05) is 44.2 Å². The van der Waals surface area contributed by atoms with Crippen molar-refractivity contribution in [2.24, 2.45) is 5.92 Å². The van der Waals surface area contributed by atoms with Gasteiger partial charge in [0.1, 0.15) is 6.04 Å². The highest BCUT2D eigenvalue weighted by molar-refractivity contribution is 5.94. The summed E-state index contributed by atoms with van der Waals surface area (Å²) in [4.78, 5) is 20.8. The Balaban J connectivity index is 1.82. The van der Waals surface area contributed by atoms with Gasteiger partial charge in [-0.15, -0.1) is 0 Å². The second-order valence-electron chi connectivity index (χ2n) is 5.76. The van der Waals surface area contributed by atoms with E-state index in [9.17, 15) is 4.79 Å². The summed E-state index contributed by atoms with van der Waals surface area (Å²) in [6, 6.07) is 12.6. The maximum Gasteiger partial charge on any atom is 0.253 e. The van der Waals surface area contributed by atoms with Crippen molar-refractivity contribution in [1.29, 1.82) is 0 Å². The molecule has 0 saturated heterocycles. The van der Waals surface area contributed by atoms with Crippen LogP contribution < -0.4 is 5.32 Å². The van der Waals surface area contributed by atoms with E-state index in [1.54, 1.807) is 18.3 Å². The third-order valence-corrected chi connectivity index (χ3v) is 3.62. The first-order valence-corrected chi connectivity index (χ1v) is 7.75. The molecule has 1 N–H and O–H groups in total. The smallest absolute Gasteiger partial charge is 0.253 e. The van der Waals surface area contributed by atoms with E-state index in [0.29, 0.717) is 17.3 Å². The Kier molecular flexibility index (Phi) is 4.65. The fraction of sp³-hybridized carbons (Fsp3) is 0.222. The lowest BCUT2D eigenvalue weighted by atomic mass is 10.0. The average molecular weight is 322 g/mol. The molecule has 0 fully saturated rings. The molecule has 0 aliphatic carbocycles. The molecule has 6 nitrogen and oxygen atoms in total. The van der Waals surface area contributed by atoms with Gasteiger partial charge in [-0.2, -0.15) is 4.98 Å². The summed E-state index contributed by atoms with van der Waals surface area (Å²) in [6.45, 7) is 3.97. The summed E-state index contributed by atoms with van der Waals surface area (Å²) in [5.41, 5.74) is 1.36. The molecule has 1 atom stereocenters. The molecule has 0 bridgehead atoms. The fourth-order valence-corrected chi connectivity index (χ4v) is 2.30. The van der Waals surface area contributed by atoms with Crippen LogP contribution in [0.4, 0.5) is 0 Å². The van der Waals surface area contributed by atoms with Gasteiger partial charge >= 0.3 is 0 Å². The van der Waals surface area contributed by atoms with Crippen molar-refractivity contribution in [3.05, 3.63) is 66.3 Å². The van der Waals surface area contributed by atoms with Crippen molar-refractivity contribution in [3.8, 4) is 11.4 Å². The van der Waals surface area contributed by atoms with E-state index < -0.39 is 0 Å². The number of benzene rings is 1. The topological polar surface area (TPSA) is 80.9 Å². The second-order valence-corrected chi connectivity index (χ2v) is 5.76. The number of hydrogen-bond donors (Lipinski definition) is 1. The lowest BCUT2D eigenvalue weighted by Gasteiger charge is -2.18. The molecule has 0 spiro atoms. The molecule has 3 aromatic rings. The Hall–Kier alpha value is -3.02. The van der Waals surface area contributed by atoms with Crippen LogP contribution in [-0.4, -0.2) is 21.0 Å². The van der Waals surface area contributed by atoms with Gasteiger partial charge in [0, 0.05) is 18.0 Å². The van der Waals surface area contributed by atoms with E-state index in [0.717, 1.165) is 5.56 Å². The summed E-state index contributed by atoms with van der Waals surface area (Å²) >= 11 is 0. The van der Waals surface area contributed by atoms with Crippen LogP contribution in [-0.2, 0) is 0 Å². The van der Waals surface area contributed by atoms with Crippen LogP contribution >= 0.6 is 0 Å². The number of amides is 1. The van der Waals surface area contributed by atoms with Gasteiger partial charge in [-0.25, -0.2) is 0 Å². The highest BCUT2D eigenvalue weighted by Crippen LogP contribution is 2.23. The van der Waals surface area contributed by atoms with Gasteiger partial charge in [-0.3, -0.25) is 9.78 Å². The highest BCUT2D eigenvalue weighted by Gasteiger charge is 2.25. The molecule has 0 aliphatic heterocycles. The van der Waals surface area contributed by atoms with Crippen molar-refractivity contribution >= 4 is 5.91 Å². The van der Waals surface area contributed by atoms with Crippen LogP contribution in [0.5, 0.6) is 0 Å². The van der Waals surface area contributed by atoms with Gasteiger partial charge in [-0.05, 0) is 18.1 Å². The normalized spacial score (nSPS) is 12.1. The molecule has 2 aromatic heterocycles. The van der Waals surface area contributed by atoms with Crippen LogP contribution in [0.1, 0.15) is 36.1 Å². The standard InChI is InChI=1S/C18H18N4O2/c1-12(2)15(20-17(23)14-9-6-10-19-11-14)18-21-16(22-24-18)13-7-4-3-5-8-13/h3-12,15H,1-2H3,(H,20,23). The molecule has 122 valence electrons. The maximum absolute atomic E-state index is 12.4. The zero-order valence-corrected chi connectivity index (χ0v) is 13.5. The van der Waals surface area contributed by atoms with Crippen molar-refractivity contribution in [1.82, 2.24) is 20.4 Å². The summed E-state index contributed by atoms with van der Waals surface area (Å²) in [5, 5.41) is 6.96. The molecule has 1 amide bonds. The summed E-state index contributed by atoms with van der Waals surface area (Å²) in [6.07, 6.45) is 3.15. The molecule has 1 aromatic carbocycles. The third kappa shape index (κ3) is 3.48. The summed E-state index contributed by atoms with van der Waals surface area (Å²) in [7, 11) is 0. The van der Waals surface area contributed by atoms with Crippen LogP contribution in [0.3, 0.4) is 0 Å². The third-order valence-electron chi connectivity index (χ3n) is 3.62. The summed E-state index contributed by atoms with van der Waals surface area (Å²) in [5.74, 6) is 0.768. The Morgan fingerprint density at radius 1 is 1.12 bits per heavy atom. The zero-order valence-electron chi connectivity index (χ0n) is 13.5. The molecule has 24 heavy (non-hydrogen) atoms.